The number of hydrogen-bond donors (Lipinski definition) is 1. The highest BCUT2D eigenvalue weighted by atomic mass is 19.1. The van der Waals surface area contributed by atoms with E-state index >= 15 is 8.78 Å². The van der Waals surface area contributed by atoms with Crippen molar-refractivity contribution in [3.05, 3.63) is 76.8 Å². The molecule has 0 radical (unpaired) electrons. The number of nitrogen functional groups attached to an aromatic ring is 1. The van der Waals surface area contributed by atoms with Crippen LogP contribution in [-0.4, -0.2) is 61.0 Å². The molecule has 2 aliphatic carbocycles. The Bertz CT molecular complexity index is 1820. The summed E-state index contributed by atoms with van der Waals surface area (Å²) >= 11 is 0. The minimum atomic E-state index is -0.805. The monoisotopic (exact) mass is 584 g/mol. The number of carbonyl (C=O) groups is 1. The molecule has 3 fully saturated rings. The van der Waals surface area contributed by atoms with Crippen molar-refractivity contribution in [3.8, 4) is 16.9 Å². The molecular formula is C31H30F2N8O2. The van der Waals surface area contributed by atoms with Gasteiger partial charge in [0.2, 0.25) is 5.91 Å². The lowest BCUT2D eigenvalue weighted by atomic mass is 10.1. The molecule has 1 saturated heterocycles. The second-order valence-corrected chi connectivity index (χ2v) is 11.5. The second kappa shape index (κ2) is 10.2. The van der Waals surface area contributed by atoms with Crippen molar-refractivity contribution in [2.45, 2.75) is 50.5 Å². The van der Waals surface area contributed by atoms with E-state index in [-0.39, 0.29) is 57.6 Å². The van der Waals surface area contributed by atoms with Crippen LogP contribution < -0.4 is 16.3 Å². The van der Waals surface area contributed by atoms with E-state index < -0.39 is 17.3 Å². The molecular weight excluding hydrogens is 554 g/mol. The van der Waals surface area contributed by atoms with Gasteiger partial charge in [-0.1, -0.05) is 12.6 Å². The molecule has 1 amide bonds. The van der Waals surface area contributed by atoms with E-state index in [4.69, 9.17) is 5.73 Å². The first-order chi connectivity index (χ1) is 20.8. The predicted octanol–water partition coefficient (Wildman–Crippen LogP) is 4.08. The third-order valence-electron chi connectivity index (χ3n) is 8.50. The Morgan fingerprint density at radius 3 is 2.35 bits per heavy atom. The molecule has 1 unspecified atom stereocenters. The number of carbonyl (C=O) groups excluding carboxylic acids is 1. The van der Waals surface area contributed by atoms with E-state index in [1.807, 2.05) is 11.8 Å². The Labute approximate surface area is 245 Å². The summed E-state index contributed by atoms with van der Waals surface area (Å²) in [6.07, 6.45) is 6.51. The molecule has 1 aromatic carbocycles. The minimum absolute atomic E-state index is 0.0196. The van der Waals surface area contributed by atoms with Crippen LogP contribution >= 0.6 is 0 Å². The highest BCUT2D eigenvalue weighted by molar-refractivity contribution is 5.92. The van der Waals surface area contributed by atoms with Gasteiger partial charge in [-0.25, -0.2) is 33.1 Å². The smallest absolute Gasteiger partial charge is 0.355 e. The normalized spacial score (nSPS) is 18.7. The zero-order valence-electron chi connectivity index (χ0n) is 23.6. The van der Waals surface area contributed by atoms with Gasteiger partial charge in [-0.15, -0.1) is 0 Å². The summed E-state index contributed by atoms with van der Waals surface area (Å²) in [6.45, 7) is 6.54. The van der Waals surface area contributed by atoms with Gasteiger partial charge in [0.25, 0.3) is 0 Å². The molecule has 4 heterocycles. The van der Waals surface area contributed by atoms with Gasteiger partial charge in [0.1, 0.15) is 23.7 Å². The number of fused-ring (bicyclic) bond motifs is 1. The summed E-state index contributed by atoms with van der Waals surface area (Å²) < 4.78 is 32.4. The van der Waals surface area contributed by atoms with Crippen LogP contribution in [0.4, 0.5) is 20.3 Å². The van der Waals surface area contributed by atoms with Gasteiger partial charge in [0, 0.05) is 43.2 Å². The largest absolute Gasteiger partial charge is 0.398 e. The fourth-order valence-electron chi connectivity index (χ4n) is 6.06. The lowest BCUT2D eigenvalue weighted by molar-refractivity contribution is -0.128. The van der Waals surface area contributed by atoms with E-state index in [0.29, 0.717) is 25.3 Å². The molecule has 0 spiro atoms. The first-order valence-electron chi connectivity index (χ1n) is 14.5. The number of benzene rings is 1. The van der Waals surface area contributed by atoms with E-state index in [0.717, 1.165) is 37.1 Å². The molecule has 1 atom stereocenters. The van der Waals surface area contributed by atoms with E-state index in [2.05, 4.69) is 26.5 Å². The number of piperazine rings is 1. The van der Waals surface area contributed by atoms with Crippen LogP contribution in [0.1, 0.15) is 55.8 Å². The Kier molecular flexibility index (Phi) is 6.44. The molecule has 10 nitrogen and oxygen atoms in total. The van der Waals surface area contributed by atoms with Gasteiger partial charge in [-0.3, -0.25) is 4.79 Å². The molecule has 43 heavy (non-hydrogen) atoms. The molecule has 1 aliphatic heterocycles. The number of nitrogens with zero attached hydrogens (tertiary/aromatic N) is 7. The van der Waals surface area contributed by atoms with Crippen LogP contribution in [-0.2, 0) is 4.79 Å². The number of amides is 1. The average molecular weight is 585 g/mol. The van der Waals surface area contributed by atoms with Crippen molar-refractivity contribution in [1.29, 1.82) is 0 Å². The van der Waals surface area contributed by atoms with Crippen LogP contribution in [0.25, 0.3) is 28.0 Å². The molecule has 2 N–H and O–H groups in total. The van der Waals surface area contributed by atoms with Gasteiger partial charge >= 0.3 is 5.69 Å². The molecule has 3 aromatic heterocycles. The van der Waals surface area contributed by atoms with Crippen molar-refractivity contribution in [3.63, 3.8) is 0 Å². The summed E-state index contributed by atoms with van der Waals surface area (Å²) in [7, 11) is 0. The Morgan fingerprint density at radius 2 is 1.74 bits per heavy atom. The molecule has 220 valence electrons. The number of rotatable bonds is 6. The summed E-state index contributed by atoms with van der Waals surface area (Å²) in [5.41, 5.74) is 7.13. The summed E-state index contributed by atoms with van der Waals surface area (Å²) in [6, 6.07) is 5.12. The van der Waals surface area contributed by atoms with Crippen molar-refractivity contribution in [2.24, 2.45) is 0 Å². The van der Waals surface area contributed by atoms with Crippen LogP contribution in [0.15, 0.2) is 48.0 Å². The molecule has 4 aromatic rings. The lowest BCUT2D eigenvalue weighted by Gasteiger charge is -2.40. The SMILES string of the molecule is C=CC(=O)N1CCN(c2nc(=O)n(-c3c(C4CC4)ncnc3C3CC3)c3nc(-c4c(N)cccc4F)c(F)cc23)CC1C. The third-order valence-corrected chi connectivity index (χ3v) is 8.50. The van der Waals surface area contributed by atoms with E-state index in [9.17, 15) is 9.59 Å². The highest BCUT2D eigenvalue weighted by Crippen LogP contribution is 2.47. The highest BCUT2D eigenvalue weighted by Gasteiger charge is 2.37. The fourth-order valence-corrected chi connectivity index (χ4v) is 6.06. The van der Waals surface area contributed by atoms with Crippen LogP contribution in [0, 0.1) is 11.6 Å². The molecule has 7 rings (SSSR count). The maximum Gasteiger partial charge on any atom is 0.355 e. The van der Waals surface area contributed by atoms with Crippen LogP contribution in [0.5, 0.6) is 0 Å². The topological polar surface area (TPSA) is 123 Å². The van der Waals surface area contributed by atoms with Gasteiger partial charge < -0.3 is 15.5 Å². The zero-order valence-corrected chi connectivity index (χ0v) is 23.6. The number of pyridine rings is 1. The maximum atomic E-state index is 16.0. The first kappa shape index (κ1) is 27.1. The molecule has 2 saturated carbocycles. The Morgan fingerprint density at radius 1 is 1.05 bits per heavy atom. The van der Waals surface area contributed by atoms with Crippen LogP contribution in [0.3, 0.4) is 0 Å². The number of nitrogens with two attached hydrogens (primary N) is 1. The van der Waals surface area contributed by atoms with Crippen molar-refractivity contribution in [2.75, 3.05) is 30.3 Å². The molecule has 0 bridgehead atoms. The second-order valence-electron chi connectivity index (χ2n) is 11.5. The number of anilines is 2. The number of halogens is 2. The zero-order chi connectivity index (χ0) is 30.0. The molecule has 12 heteroatoms. The minimum Gasteiger partial charge on any atom is -0.398 e. The summed E-state index contributed by atoms with van der Waals surface area (Å²) in [5, 5.41) is 0.277. The van der Waals surface area contributed by atoms with Crippen molar-refractivity contribution >= 4 is 28.4 Å². The summed E-state index contributed by atoms with van der Waals surface area (Å²) in [4.78, 5) is 48.3. The quantitative estimate of drug-likeness (QED) is 0.266. The lowest BCUT2D eigenvalue weighted by Crippen LogP contribution is -2.54. The molecule has 3 aliphatic rings. The van der Waals surface area contributed by atoms with E-state index in [1.54, 1.807) is 4.90 Å². The first-order valence-corrected chi connectivity index (χ1v) is 14.5. The standard InChI is InChI=1S/C31H30F2N8O2/c1-3-23(42)40-12-11-39(14-16(40)2)29-19-13-21(33)27(24-20(32)5-4-6-22(24)34)37-30(19)41(31(43)38-29)28-25(17-7-8-17)35-15-36-26(28)18-9-10-18/h3-6,13,15-18H,1,7-12,14,34H2,2H3. The van der Waals surface area contributed by atoms with E-state index in [1.165, 1.54) is 41.2 Å². The predicted molar refractivity (Wildman–Crippen MR) is 158 cm³/mol. The summed E-state index contributed by atoms with van der Waals surface area (Å²) in [5.74, 6) is -1.16. The van der Waals surface area contributed by atoms with Crippen molar-refractivity contribution in [1.82, 2.24) is 29.4 Å². The third kappa shape index (κ3) is 4.61. The Hall–Kier alpha value is -4.74. The van der Waals surface area contributed by atoms with Gasteiger partial charge in [0.15, 0.2) is 11.5 Å². The van der Waals surface area contributed by atoms with Gasteiger partial charge in [-0.2, -0.15) is 4.98 Å². The Balaban J connectivity index is 1.50. The van der Waals surface area contributed by atoms with Crippen LogP contribution in [0.2, 0.25) is 0 Å². The average Bonchev–Trinajstić information content (AvgIpc) is 3.91. The van der Waals surface area contributed by atoms with Crippen molar-refractivity contribution < 1.29 is 13.6 Å². The maximum absolute atomic E-state index is 16.0. The fraction of sp³-hybridized carbons (Fsp3) is 0.355. The van der Waals surface area contributed by atoms with Gasteiger partial charge in [0.05, 0.1) is 28.0 Å². The number of hydrogen-bond acceptors (Lipinski definition) is 8. The van der Waals surface area contributed by atoms with Gasteiger partial charge in [-0.05, 0) is 56.9 Å². The number of aromatic nitrogens is 5.